The fourth-order valence-electron chi connectivity index (χ4n) is 1.87. The van der Waals surface area contributed by atoms with Crippen LogP contribution in [0.5, 0.6) is 0 Å². The maximum absolute atomic E-state index is 9.43. The second-order valence-electron chi connectivity index (χ2n) is 4.75. The number of hydrogen-bond donors (Lipinski definition) is 1. The third-order valence-corrected chi connectivity index (χ3v) is 2.80. The minimum atomic E-state index is -0.0409. The van der Waals surface area contributed by atoms with E-state index in [0.717, 1.165) is 23.8 Å². The van der Waals surface area contributed by atoms with Crippen LogP contribution in [-0.2, 0) is 6.61 Å². The van der Waals surface area contributed by atoms with Gasteiger partial charge in [-0.25, -0.2) is 9.97 Å². The Balaban J connectivity index is 3.15. The Morgan fingerprint density at radius 2 is 1.94 bits per heavy atom. The Kier molecular flexibility index (Phi) is 4.87. The molecule has 0 unspecified atom stereocenters. The number of anilines is 1. The van der Waals surface area contributed by atoms with Crippen molar-refractivity contribution in [2.24, 2.45) is 0 Å². The summed E-state index contributed by atoms with van der Waals surface area (Å²) in [5.41, 5.74) is 1.66. The van der Waals surface area contributed by atoms with E-state index < -0.39 is 0 Å². The molecule has 0 saturated carbocycles. The lowest BCUT2D eigenvalue weighted by Gasteiger charge is -2.28. The highest BCUT2D eigenvalue weighted by Gasteiger charge is 2.15. The Morgan fingerprint density at radius 1 is 1.29 bits per heavy atom. The first-order chi connectivity index (χ1) is 8.01. The molecule has 1 aromatic rings. The van der Waals surface area contributed by atoms with Crippen molar-refractivity contribution in [2.45, 2.75) is 53.2 Å². The van der Waals surface area contributed by atoms with Gasteiger partial charge in [0, 0.05) is 18.5 Å². The van der Waals surface area contributed by atoms with Crippen molar-refractivity contribution in [1.29, 1.82) is 0 Å². The molecule has 0 atom stereocenters. The molecule has 0 aromatic carbocycles. The second-order valence-corrected chi connectivity index (χ2v) is 4.75. The van der Waals surface area contributed by atoms with Gasteiger partial charge in [0.1, 0.15) is 5.82 Å². The van der Waals surface area contributed by atoms with E-state index in [1.807, 2.05) is 6.20 Å². The highest BCUT2D eigenvalue weighted by Crippen LogP contribution is 2.22. The molecule has 1 heterocycles. The smallest absolute Gasteiger partial charge is 0.131 e. The van der Waals surface area contributed by atoms with E-state index in [-0.39, 0.29) is 12.5 Å². The lowest BCUT2D eigenvalue weighted by atomic mass is 10.2. The average Bonchev–Trinajstić information content (AvgIpc) is 2.29. The van der Waals surface area contributed by atoms with Crippen molar-refractivity contribution in [3.05, 3.63) is 17.7 Å². The quantitative estimate of drug-likeness (QED) is 0.854. The van der Waals surface area contributed by atoms with Gasteiger partial charge in [0.15, 0.2) is 0 Å². The first-order valence-electron chi connectivity index (χ1n) is 6.24. The predicted octanol–water partition coefficient (Wildman–Crippen LogP) is 2.33. The lowest BCUT2D eigenvalue weighted by Crippen LogP contribution is -2.31. The normalized spacial score (nSPS) is 11.3. The topological polar surface area (TPSA) is 49.2 Å². The summed E-state index contributed by atoms with van der Waals surface area (Å²) < 4.78 is 0. The van der Waals surface area contributed by atoms with Crippen molar-refractivity contribution >= 4 is 5.69 Å². The third kappa shape index (κ3) is 3.16. The van der Waals surface area contributed by atoms with E-state index >= 15 is 0 Å². The van der Waals surface area contributed by atoms with Crippen LogP contribution in [0.1, 0.15) is 52.1 Å². The summed E-state index contributed by atoms with van der Waals surface area (Å²) in [4.78, 5) is 11.0. The number of rotatable bonds is 5. The van der Waals surface area contributed by atoms with Gasteiger partial charge in [0.2, 0.25) is 0 Å². The van der Waals surface area contributed by atoms with Crippen LogP contribution < -0.4 is 4.90 Å². The van der Waals surface area contributed by atoms with Crippen molar-refractivity contribution in [2.75, 3.05) is 11.4 Å². The zero-order valence-corrected chi connectivity index (χ0v) is 11.4. The first kappa shape index (κ1) is 13.9. The molecule has 0 saturated heterocycles. The van der Waals surface area contributed by atoms with E-state index in [9.17, 15) is 5.11 Å². The molecule has 0 aliphatic rings. The van der Waals surface area contributed by atoms with Crippen LogP contribution in [0.15, 0.2) is 6.20 Å². The van der Waals surface area contributed by atoms with E-state index in [2.05, 4.69) is 49.5 Å². The number of aliphatic hydroxyl groups excluding tert-OH is 1. The van der Waals surface area contributed by atoms with Crippen LogP contribution in [0, 0.1) is 0 Å². The molecule has 96 valence electrons. The molecule has 1 aromatic heterocycles. The zero-order valence-electron chi connectivity index (χ0n) is 11.4. The van der Waals surface area contributed by atoms with Crippen molar-refractivity contribution < 1.29 is 5.11 Å². The standard InChI is InChI=1S/C13H23N3O/c1-6-16(10(4)5)12-7-14-13(9(2)3)15-11(12)8-17/h7,9-10,17H,6,8H2,1-5H3. The zero-order chi connectivity index (χ0) is 13.0. The second kappa shape index (κ2) is 5.96. The highest BCUT2D eigenvalue weighted by atomic mass is 16.3. The molecular formula is C13H23N3O. The summed E-state index contributed by atoms with van der Waals surface area (Å²) in [6.45, 7) is 11.3. The number of nitrogens with zero attached hydrogens (tertiary/aromatic N) is 3. The average molecular weight is 237 g/mol. The largest absolute Gasteiger partial charge is 0.390 e. The summed E-state index contributed by atoms with van der Waals surface area (Å²) in [6, 6.07) is 0.374. The van der Waals surface area contributed by atoms with E-state index in [4.69, 9.17) is 0 Å². The SMILES string of the molecule is CCN(c1cnc(C(C)C)nc1CO)C(C)C. The highest BCUT2D eigenvalue weighted by molar-refractivity contribution is 5.49. The summed E-state index contributed by atoms with van der Waals surface area (Å²) in [5.74, 6) is 1.07. The molecule has 0 spiro atoms. The summed E-state index contributed by atoms with van der Waals surface area (Å²) >= 11 is 0. The molecule has 17 heavy (non-hydrogen) atoms. The van der Waals surface area contributed by atoms with Gasteiger partial charge >= 0.3 is 0 Å². The Morgan fingerprint density at radius 3 is 2.35 bits per heavy atom. The van der Waals surface area contributed by atoms with Crippen molar-refractivity contribution in [1.82, 2.24) is 9.97 Å². The molecule has 0 aliphatic carbocycles. The molecule has 1 N–H and O–H groups in total. The van der Waals surface area contributed by atoms with Crippen LogP contribution in [0.25, 0.3) is 0 Å². The maximum atomic E-state index is 9.43. The minimum absolute atomic E-state index is 0.0409. The lowest BCUT2D eigenvalue weighted by molar-refractivity contribution is 0.276. The number of aliphatic hydroxyl groups is 1. The molecule has 0 aliphatic heterocycles. The number of hydrogen-bond acceptors (Lipinski definition) is 4. The monoisotopic (exact) mass is 237 g/mol. The van der Waals surface area contributed by atoms with E-state index in [1.54, 1.807) is 0 Å². The van der Waals surface area contributed by atoms with Crippen LogP contribution in [0.4, 0.5) is 5.69 Å². The van der Waals surface area contributed by atoms with Gasteiger partial charge in [-0.2, -0.15) is 0 Å². The van der Waals surface area contributed by atoms with Crippen LogP contribution in [0.3, 0.4) is 0 Å². The molecule has 1 rings (SSSR count). The third-order valence-electron chi connectivity index (χ3n) is 2.80. The van der Waals surface area contributed by atoms with Crippen LogP contribution in [-0.4, -0.2) is 27.7 Å². The number of aromatic nitrogens is 2. The van der Waals surface area contributed by atoms with Gasteiger partial charge in [-0.1, -0.05) is 13.8 Å². The first-order valence-corrected chi connectivity index (χ1v) is 6.24. The molecule has 0 amide bonds. The van der Waals surface area contributed by atoms with Gasteiger partial charge in [-0.3, -0.25) is 0 Å². The molecule has 0 fully saturated rings. The van der Waals surface area contributed by atoms with Crippen molar-refractivity contribution in [3.8, 4) is 0 Å². The van der Waals surface area contributed by atoms with Gasteiger partial charge in [-0.05, 0) is 20.8 Å². The molecule has 4 nitrogen and oxygen atoms in total. The molecule has 0 bridgehead atoms. The van der Waals surface area contributed by atoms with Gasteiger partial charge in [0.25, 0.3) is 0 Å². The Hall–Kier alpha value is -1.16. The molecule has 4 heteroatoms. The van der Waals surface area contributed by atoms with Gasteiger partial charge in [-0.15, -0.1) is 0 Å². The fraction of sp³-hybridized carbons (Fsp3) is 0.692. The predicted molar refractivity (Wildman–Crippen MR) is 70.2 cm³/mol. The summed E-state index contributed by atoms with van der Waals surface area (Å²) in [6.07, 6.45) is 1.83. The van der Waals surface area contributed by atoms with Crippen LogP contribution >= 0.6 is 0 Å². The Labute approximate surface area is 104 Å². The summed E-state index contributed by atoms with van der Waals surface area (Å²) in [5, 5.41) is 9.43. The van der Waals surface area contributed by atoms with E-state index in [0.29, 0.717) is 6.04 Å². The van der Waals surface area contributed by atoms with E-state index in [1.165, 1.54) is 0 Å². The van der Waals surface area contributed by atoms with Gasteiger partial charge < -0.3 is 10.0 Å². The maximum Gasteiger partial charge on any atom is 0.131 e. The van der Waals surface area contributed by atoms with Crippen molar-refractivity contribution in [3.63, 3.8) is 0 Å². The van der Waals surface area contributed by atoms with Crippen LogP contribution in [0.2, 0.25) is 0 Å². The summed E-state index contributed by atoms with van der Waals surface area (Å²) in [7, 11) is 0. The minimum Gasteiger partial charge on any atom is -0.390 e. The molecular weight excluding hydrogens is 214 g/mol. The Bertz CT molecular complexity index is 364. The fourth-order valence-corrected chi connectivity index (χ4v) is 1.87. The molecule has 0 radical (unpaired) electrons. The van der Waals surface area contributed by atoms with Gasteiger partial charge in [0.05, 0.1) is 24.2 Å².